The topological polar surface area (TPSA) is 67.6 Å². The minimum atomic E-state index is -0.270. The van der Waals surface area contributed by atoms with Gasteiger partial charge in [0.2, 0.25) is 0 Å². The SMILES string of the molecule is COc1ccc(NCc2ccc(N3CCCCC3C)c([N+](=O)[O-])c2)cc1. The molecule has 6 heteroatoms. The lowest BCUT2D eigenvalue weighted by Gasteiger charge is -2.35. The normalized spacial score (nSPS) is 17.0. The molecule has 2 aromatic rings. The van der Waals surface area contributed by atoms with Crippen LogP contribution >= 0.6 is 0 Å². The molecule has 0 bridgehead atoms. The molecule has 1 atom stereocenters. The molecule has 0 saturated carbocycles. The van der Waals surface area contributed by atoms with Crippen molar-refractivity contribution in [2.75, 3.05) is 23.9 Å². The second-order valence-corrected chi connectivity index (χ2v) is 6.70. The van der Waals surface area contributed by atoms with Crippen molar-refractivity contribution in [1.29, 1.82) is 0 Å². The van der Waals surface area contributed by atoms with E-state index in [1.54, 1.807) is 13.2 Å². The van der Waals surface area contributed by atoms with Gasteiger partial charge in [0, 0.05) is 30.9 Å². The summed E-state index contributed by atoms with van der Waals surface area (Å²) in [6, 6.07) is 13.5. The minimum Gasteiger partial charge on any atom is -0.497 e. The maximum Gasteiger partial charge on any atom is 0.292 e. The van der Waals surface area contributed by atoms with E-state index in [0.717, 1.165) is 42.1 Å². The molecule has 0 spiro atoms. The molecule has 0 aromatic heterocycles. The molecule has 0 aliphatic carbocycles. The van der Waals surface area contributed by atoms with Crippen LogP contribution in [-0.2, 0) is 6.54 Å². The van der Waals surface area contributed by atoms with Crippen molar-refractivity contribution in [2.24, 2.45) is 0 Å². The standard InChI is InChI=1S/C20H25N3O3/c1-15-5-3-4-12-22(15)19-11-6-16(13-20(19)23(24)25)14-21-17-7-9-18(26-2)10-8-17/h6-11,13,15,21H,3-5,12,14H2,1-2H3. The minimum absolute atomic E-state index is 0.188. The van der Waals surface area contributed by atoms with E-state index in [4.69, 9.17) is 4.74 Å². The highest BCUT2D eigenvalue weighted by Crippen LogP contribution is 2.33. The number of benzene rings is 2. The van der Waals surface area contributed by atoms with Crippen LogP contribution in [0.1, 0.15) is 31.7 Å². The van der Waals surface area contributed by atoms with Crippen LogP contribution in [0.3, 0.4) is 0 Å². The van der Waals surface area contributed by atoms with Crippen molar-refractivity contribution in [3.05, 3.63) is 58.1 Å². The third-order valence-electron chi connectivity index (χ3n) is 4.94. The van der Waals surface area contributed by atoms with Crippen molar-refractivity contribution in [3.63, 3.8) is 0 Å². The summed E-state index contributed by atoms with van der Waals surface area (Å²) in [7, 11) is 1.63. The fraction of sp³-hybridized carbons (Fsp3) is 0.400. The lowest BCUT2D eigenvalue weighted by molar-refractivity contribution is -0.384. The highest BCUT2D eigenvalue weighted by atomic mass is 16.6. The van der Waals surface area contributed by atoms with Gasteiger partial charge < -0.3 is 15.0 Å². The summed E-state index contributed by atoms with van der Waals surface area (Å²) in [6.45, 7) is 3.55. The van der Waals surface area contributed by atoms with Gasteiger partial charge in [0.1, 0.15) is 11.4 Å². The number of ether oxygens (including phenoxy) is 1. The van der Waals surface area contributed by atoms with Gasteiger partial charge in [-0.1, -0.05) is 6.07 Å². The largest absolute Gasteiger partial charge is 0.497 e. The Morgan fingerprint density at radius 1 is 1.23 bits per heavy atom. The second kappa shape index (κ2) is 8.08. The van der Waals surface area contributed by atoms with E-state index in [2.05, 4.69) is 17.1 Å². The number of nitrogens with zero attached hydrogens (tertiary/aromatic N) is 2. The number of nitrogens with one attached hydrogen (secondary N) is 1. The molecular weight excluding hydrogens is 330 g/mol. The molecule has 3 rings (SSSR count). The van der Waals surface area contributed by atoms with Crippen molar-refractivity contribution in [2.45, 2.75) is 38.8 Å². The first-order valence-electron chi connectivity index (χ1n) is 9.00. The average molecular weight is 355 g/mol. The highest BCUT2D eigenvalue weighted by Gasteiger charge is 2.25. The summed E-state index contributed by atoms with van der Waals surface area (Å²) in [5.41, 5.74) is 2.76. The predicted octanol–water partition coefficient (Wildman–Crippen LogP) is 4.59. The molecule has 138 valence electrons. The van der Waals surface area contributed by atoms with Crippen LogP contribution in [0.5, 0.6) is 5.75 Å². The molecule has 1 saturated heterocycles. The Morgan fingerprint density at radius 3 is 2.65 bits per heavy atom. The zero-order valence-corrected chi connectivity index (χ0v) is 15.3. The Bertz CT molecular complexity index is 761. The van der Waals surface area contributed by atoms with Gasteiger partial charge in [-0.15, -0.1) is 0 Å². The molecule has 1 aliphatic rings. The van der Waals surface area contributed by atoms with E-state index < -0.39 is 0 Å². The molecule has 1 heterocycles. The maximum atomic E-state index is 11.6. The molecule has 1 unspecified atom stereocenters. The summed E-state index contributed by atoms with van der Waals surface area (Å²) >= 11 is 0. The summed E-state index contributed by atoms with van der Waals surface area (Å²) in [5.74, 6) is 0.797. The van der Waals surface area contributed by atoms with Crippen LogP contribution in [0.2, 0.25) is 0 Å². The number of hydrogen-bond acceptors (Lipinski definition) is 5. The summed E-state index contributed by atoms with van der Waals surface area (Å²) in [4.78, 5) is 13.5. The van der Waals surface area contributed by atoms with Gasteiger partial charge in [0.25, 0.3) is 5.69 Å². The number of rotatable bonds is 6. The van der Waals surface area contributed by atoms with Gasteiger partial charge in [-0.2, -0.15) is 0 Å². The Hall–Kier alpha value is -2.76. The van der Waals surface area contributed by atoms with Gasteiger partial charge >= 0.3 is 0 Å². The average Bonchev–Trinajstić information content (AvgIpc) is 2.67. The van der Waals surface area contributed by atoms with Crippen molar-refractivity contribution in [1.82, 2.24) is 0 Å². The van der Waals surface area contributed by atoms with E-state index in [1.165, 1.54) is 6.42 Å². The number of anilines is 2. The van der Waals surface area contributed by atoms with Crippen LogP contribution in [-0.4, -0.2) is 24.6 Å². The fourth-order valence-corrected chi connectivity index (χ4v) is 3.44. The third kappa shape index (κ3) is 4.07. The summed E-state index contributed by atoms with van der Waals surface area (Å²) in [5, 5.41) is 14.9. The predicted molar refractivity (Wildman–Crippen MR) is 104 cm³/mol. The zero-order chi connectivity index (χ0) is 18.5. The van der Waals surface area contributed by atoms with E-state index in [0.29, 0.717) is 12.6 Å². The fourth-order valence-electron chi connectivity index (χ4n) is 3.44. The lowest BCUT2D eigenvalue weighted by atomic mass is 10.0. The number of methoxy groups -OCH3 is 1. The van der Waals surface area contributed by atoms with E-state index >= 15 is 0 Å². The lowest BCUT2D eigenvalue weighted by Crippen LogP contribution is -2.37. The molecule has 1 fully saturated rings. The summed E-state index contributed by atoms with van der Waals surface area (Å²) in [6.07, 6.45) is 3.36. The molecule has 0 amide bonds. The Labute approximate surface area is 153 Å². The van der Waals surface area contributed by atoms with Gasteiger partial charge in [0.05, 0.1) is 12.0 Å². The molecule has 26 heavy (non-hydrogen) atoms. The molecular formula is C20H25N3O3. The molecule has 2 aromatic carbocycles. The van der Waals surface area contributed by atoms with Gasteiger partial charge in [-0.25, -0.2) is 0 Å². The third-order valence-corrected chi connectivity index (χ3v) is 4.94. The van der Waals surface area contributed by atoms with E-state index in [1.807, 2.05) is 36.4 Å². The number of hydrogen-bond donors (Lipinski definition) is 1. The van der Waals surface area contributed by atoms with Crippen LogP contribution in [0.25, 0.3) is 0 Å². The van der Waals surface area contributed by atoms with E-state index in [-0.39, 0.29) is 10.6 Å². The number of piperidine rings is 1. The quantitative estimate of drug-likeness (QED) is 0.606. The van der Waals surface area contributed by atoms with Crippen LogP contribution in [0, 0.1) is 10.1 Å². The van der Waals surface area contributed by atoms with Crippen LogP contribution in [0.4, 0.5) is 17.1 Å². The Morgan fingerprint density at radius 2 is 2.00 bits per heavy atom. The monoisotopic (exact) mass is 355 g/mol. The molecule has 6 nitrogen and oxygen atoms in total. The first-order chi connectivity index (χ1) is 12.6. The van der Waals surface area contributed by atoms with Gasteiger partial charge in [-0.3, -0.25) is 10.1 Å². The maximum absolute atomic E-state index is 11.6. The first-order valence-corrected chi connectivity index (χ1v) is 9.00. The van der Waals surface area contributed by atoms with Crippen molar-refractivity contribution >= 4 is 17.1 Å². The van der Waals surface area contributed by atoms with E-state index in [9.17, 15) is 10.1 Å². The zero-order valence-electron chi connectivity index (χ0n) is 15.3. The second-order valence-electron chi connectivity index (χ2n) is 6.70. The van der Waals surface area contributed by atoms with Gasteiger partial charge in [-0.05, 0) is 62.1 Å². The van der Waals surface area contributed by atoms with Crippen LogP contribution < -0.4 is 15.0 Å². The Kier molecular flexibility index (Phi) is 5.61. The smallest absolute Gasteiger partial charge is 0.292 e. The van der Waals surface area contributed by atoms with Crippen molar-refractivity contribution < 1.29 is 9.66 Å². The number of nitro groups is 1. The van der Waals surface area contributed by atoms with Gasteiger partial charge in [0.15, 0.2) is 0 Å². The molecule has 0 radical (unpaired) electrons. The highest BCUT2D eigenvalue weighted by molar-refractivity contribution is 5.65. The Balaban J connectivity index is 1.76. The van der Waals surface area contributed by atoms with Crippen molar-refractivity contribution in [3.8, 4) is 5.75 Å². The summed E-state index contributed by atoms with van der Waals surface area (Å²) < 4.78 is 5.15. The van der Waals surface area contributed by atoms with Crippen LogP contribution in [0.15, 0.2) is 42.5 Å². The molecule has 1 N–H and O–H groups in total. The molecule has 1 aliphatic heterocycles. The number of nitro benzene ring substituents is 1. The first kappa shape index (κ1) is 18.0.